The summed E-state index contributed by atoms with van der Waals surface area (Å²) >= 11 is 1.62. The lowest BCUT2D eigenvalue weighted by Gasteiger charge is -2.13. The number of benzene rings is 1. The van der Waals surface area contributed by atoms with Crippen LogP contribution < -0.4 is 5.32 Å². The van der Waals surface area contributed by atoms with Crippen LogP contribution in [0.5, 0.6) is 0 Å². The Hall–Kier alpha value is -1.11. The van der Waals surface area contributed by atoms with Crippen LogP contribution in [-0.2, 0) is 0 Å². The topological polar surface area (TPSA) is 75.4 Å². The second-order valence-electron chi connectivity index (χ2n) is 3.56. The average Bonchev–Trinajstić information content (AvgIpc) is 2.35. The second-order valence-corrected chi connectivity index (χ2v) is 4.65. The Balaban J connectivity index is 2.48. The van der Waals surface area contributed by atoms with Gasteiger partial charge in [0.15, 0.2) is 0 Å². The molecule has 0 spiro atoms. The lowest BCUT2D eigenvalue weighted by Crippen LogP contribution is -2.28. The van der Waals surface area contributed by atoms with E-state index in [9.17, 15) is 10.1 Å². The zero-order valence-electron chi connectivity index (χ0n) is 9.63. The van der Waals surface area contributed by atoms with Gasteiger partial charge in [-0.3, -0.25) is 10.1 Å². The highest BCUT2D eigenvalue weighted by Gasteiger charge is 2.07. The molecule has 2 N–H and O–H groups in total. The first-order valence-electron chi connectivity index (χ1n) is 5.32. The summed E-state index contributed by atoms with van der Waals surface area (Å²) in [5.74, 6) is 0.828. The molecule has 0 aliphatic carbocycles. The van der Waals surface area contributed by atoms with Gasteiger partial charge >= 0.3 is 0 Å². The van der Waals surface area contributed by atoms with Crippen molar-refractivity contribution >= 4 is 17.4 Å². The van der Waals surface area contributed by atoms with Gasteiger partial charge in [0, 0.05) is 35.4 Å². The van der Waals surface area contributed by atoms with Gasteiger partial charge in [-0.25, -0.2) is 0 Å². The van der Waals surface area contributed by atoms with Gasteiger partial charge in [0.1, 0.15) is 0 Å². The number of non-ortho nitro benzene ring substituents is 1. The molecule has 1 aromatic rings. The summed E-state index contributed by atoms with van der Waals surface area (Å²) in [6.07, 6.45) is 0.705. The van der Waals surface area contributed by atoms with E-state index in [2.05, 4.69) is 5.32 Å². The van der Waals surface area contributed by atoms with E-state index in [4.69, 9.17) is 5.11 Å². The van der Waals surface area contributed by atoms with Crippen molar-refractivity contribution in [2.75, 3.05) is 19.4 Å². The van der Waals surface area contributed by atoms with E-state index in [1.165, 1.54) is 12.1 Å². The van der Waals surface area contributed by atoms with Crippen LogP contribution in [0.2, 0.25) is 0 Å². The number of rotatable bonds is 7. The van der Waals surface area contributed by atoms with Crippen molar-refractivity contribution in [3.05, 3.63) is 34.4 Å². The van der Waals surface area contributed by atoms with Gasteiger partial charge < -0.3 is 10.4 Å². The number of nitro groups is 1. The SMILES string of the molecule is CNC(CCO)CSc1ccc([N+](=O)[O-])cc1. The number of hydrogen-bond donors (Lipinski definition) is 2. The van der Waals surface area contributed by atoms with Gasteiger partial charge in [0.2, 0.25) is 0 Å². The van der Waals surface area contributed by atoms with Crippen molar-refractivity contribution in [2.24, 2.45) is 0 Å². The third kappa shape index (κ3) is 4.72. The average molecular weight is 256 g/mol. The van der Waals surface area contributed by atoms with Gasteiger partial charge in [-0.2, -0.15) is 0 Å². The molecule has 0 aliphatic heterocycles. The summed E-state index contributed by atoms with van der Waals surface area (Å²) in [6.45, 7) is 0.159. The van der Waals surface area contributed by atoms with Crippen LogP contribution in [0.1, 0.15) is 6.42 Å². The van der Waals surface area contributed by atoms with E-state index in [1.54, 1.807) is 23.9 Å². The van der Waals surface area contributed by atoms with E-state index in [0.717, 1.165) is 10.6 Å². The van der Waals surface area contributed by atoms with Crippen molar-refractivity contribution in [1.29, 1.82) is 0 Å². The first-order valence-corrected chi connectivity index (χ1v) is 6.31. The van der Waals surface area contributed by atoms with Crippen molar-refractivity contribution < 1.29 is 10.0 Å². The molecule has 1 unspecified atom stereocenters. The molecule has 6 heteroatoms. The summed E-state index contributed by atoms with van der Waals surface area (Å²) in [5.41, 5.74) is 0.106. The van der Waals surface area contributed by atoms with Gasteiger partial charge in [0.25, 0.3) is 5.69 Å². The number of nitrogens with one attached hydrogen (secondary N) is 1. The van der Waals surface area contributed by atoms with E-state index in [-0.39, 0.29) is 18.3 Å². The monoisotopic (exact) mass is 256 g/mol. The minimum atomic E-state index is -0.406. The summed E-state index contributed by atoms with van der Waals surface area (Å²) in [7, 11) is 1.86. The molecule has 0 aromatic heterocycles. The van der Waals surface area contributed by atoms with Crippen LogP contribution in [0.15, 0.2) is 29.2 Å². The van der Waals surface area contributed by atoms with Crippen LogP contribution in [0.4, 0.5) is 5.69 Å². The first-order chi connectivity index (χ1) is 8.17. The zero-order valence-corrected chi connectivity index (χ0v) is 10.4. The predicted octanol–water partition coefficient (Wildman–Crippen LogP) is 1.66. The fourth-order valence-corrected chi connectivity index (χ4v) is 2.38. The fourth-order valence-electron chi connectivity index (χ4n) is 1.33. The molecule has 5 nitrogen and oxygen atoms in total. The molecule has 94 valence electrons. The van der Waals surface area contributed by atoms with Crippen molar-refractivity contribution in [3.8, 4) is 0 Å². The molecule has 0 fully saturated rings. The standard InChI is InChI=1S/C11H16N2O3S/c1-12-9(6-7-14)8-17-11-4-2-10(3-5-11)13(15)16/h2-5,9,12,14H,6-8H2,1H3. The Kier molecular flexibility index (Phi) is 5.96. The summed E-state index contributed by atoms with van der Waals surface area (Å²) in [5, 5.41) is 22.4. The molecule has 17 heavy (non-hydrogen) atoms. The van der Waals surface area contributed by atoms with E-state index < -0.39 is 4.92 Å². The predicted molar refractivity (Wildman–Crippen MR) is 68.4 cm³/mol. The van der Waals surface area contributed by atoms with Gasteiger partial charge in [-0.15, -0.1) is 11.8 Å². The Morgan fingerprint density at radius 2 is 2.12 bits per heavy atom. The normalized spacial score (nSPS) is 12.4. The Morgan fingerprint density at radius 3 is 2.59 bits per heavy atom. The van der Waals surface area contributed by atoms with Crippen molar-refractivity contribution in [2.45, 2.75) is 17.4 Å². The lowest BCUT2D eigenvalue weighted by atomic mass is 10.2. The van der Waals surface area contributed by atoms with Crippen LogP contribution in [0.25, 0.3) is 0 Å². The summed E-state index contributed by atoms with van der Waals surface area (Å²) < 4.78 is 0. The first kappa shape index (κ1) is 14.0. The number of thioether (sulfide) groups is 1. The maximum atomic E-state index is 10.5. The molecule has 0 saturated heterocycles. The van der Waals surface area contributed by atoms with Crippen LogP contribution in [0, 0.1) is 10.1 Å². The number of aliphatic hydroxyl groups is 1. The smallest absolute Gasteiger partial charge is 0.269 e. The third-order valence-electron chi connectivity index (χ3n) is 2.38. The highest BCUT2D eigenvalue weighted by atomic mass is 32.2. The number of nitro benzene ring substituents is 1. The molecule has 0 bridgehead atoms. The molecular weight excluding hydrogens is 240 g/mol. The molecule has 0 saturated carbocycles. The minimum absolute atomic E-state index is 0.106. The third-order valence-corrected chi connectivity index (χ3v) is 3.56. The molecule has 1 rings (SSSR count). The maximum Gasteiger partial charge on any atom is 0.269 e. The maximum absolute atomic E-state index is 10.5. The number of hydrogen-bond acceptors (Lipinski definition) is 5. The molecule has 0 radical (unpaired) electrons. The highest BCUT2D eigenvalue weighted by Crippen LogP contribution is 2.22. The van der Waals surface area contributed by atoms with Crippen molar-refractivity contribution in [3.63, 3.8) is 0 Å². The molecule has 1 atom stereocenters. The summed E-state index contributed by atoms with van der Waals surface area (Å²) in [4.78, 5) is 11.1. The largest absolute Gasteiger partial charge is 0.396 e. The summed E-state index contributed by atoms with van der Waals surface area (Å²) in [6, 6.07) is 6.74. The fraction of sp³-hybridized carbons (Fsp3) is 0.455. The Morgan fingerprint density at radius 1 is 1.47 bits per heavy atom. The quantitative estimate of drug-likeness (QED) is 0.441. The van der Waals surface area contributed by atoms with E-state index in [0.29, 0.717) is 6.42 Å². The Bertz CT molecular complexity index is 356. The van der Waals surface area contributed by atoms with Gasteiger partial charge in [0.05, 0.1) is 4.92 Å². The highest BCUT2D eigenvalue weighted by molar-refractivity contribution is 7.99. The number of aliphatic hydroxyl groups excluding tert-OH is 1. The Labute approximate surface area is 104 Å². The van der Waals surface area contributed by atoms with Crippen molar-refractivity contribution in [1.82, 2.24) is 5.32 Å². The van der Waals surface area contributed by atoms with E-state index in [1.807, 2.05) is 7.05 Å². The van der Waals surface area contributed by atoms with Crippen LogP contribution in [0.3, 0.4) is 0 Å². The molecule has 0 heterocycles. The molecule has 0 aliphatic rings. The van der Waals surface area contributed by atoms with Gasteiger partial charge in [-0.1, -0.05) is 0 Å². The second kappa shape index (κ2) is 7.26. The molecule has 1 aromatic carbocycles. The van der Waals surface area contributed by atoms with Gasteiger partial charge in [-0.05, 0) is 25.6 Å². The minimum Gasteiger partial charge on any atom is -0.396 e. The lowest BCUT2D eigenvalue weighted by molar-refractivity contribution is -0.384. The molecular formula is C11H16N2O3S. The zero-order chi connectivity index (χ0) is 12.7. The number of nitrogens with zero attached hydrogens (tertiary/aromatic N) is 1. The molecule has 0 amide bonds. The van der Waals surface area contributed by atoms with Crippen LogP contribution in [-0.4, -0.2) is 35.5 Å². The van der Waals surface area contributed by atoms with Crippen LogP contribution >= 0.6 is 11.8 Å². The van der Waals surface area contributed by atoms with E-state index >= 15 is 0 Å².